The maximum atomic E-state index is 12.7. The van der Waals surface area contributed by atoms with Crippen LogP contribution in [0.2, 0.25) is 0 Å². The molecular formula is C20H28N4O3. The molecule has 0 bridgehead atoms. The Morgan fingerprint density at radius 1 is 1.11 bits per heavy atom. The van der Waals surface area contributed by atoms with Crippen molar-refractivity contribution < 1.29 is 14.4 Å². The van der Waals surface area contributed by atoms with Crippen LogP contribution in [0, 0.1) is 0 Å². The van der Waals surface area contributed by atoms with Crippen molar-refractivity contribution in [3.63, 3.8) is 0 Å². The van der Waals surface area contributed by atoms with E-state index in [1.807, 2.05) is 24.1 Å². The largest absolute Gasteiger partial charge is 0.340 e. The summed E-state index contributed by atoms with van der Waals surface area (Å²) in [7, 11) is 2.04. The van der Waals surface area contributed by atoms with Crippen molar-refractivity contribution in [3.8, 4) is 0 Å². The molecule has 0 spiro atoms. The first kappa shape index (κ1) is 19.4. The standard InChI is InChI=1S/C20H28N4O3/c1-14(2)15-4-6-16(7-5-15)24-19(26)17(21-20(24)27)8-9-18(25)23-12-10-22(3)11-13-23/h4-7,14,17H,8-13H2,1-3H3,(H,21,27). The molecule has 27 heavy (non-hydrogen) atoms. The monoisotopic (exact) mass is 372 g/mol. The second-order valence-corrected chi connectivity index (χ2v) is 7.64. The molecule has 1 unspecified atom stereocenters. The lowest BCUT2D eigenvalue weighted by molar-refractivity contribution is -0.133. The molecule has 1 aromatic carbocycles. The number of imide groups is 1. The van der Waals surface area contributed by atoms with Gasteiger partial charge in [0.2, 0.25) is 5.91 Å². The van der Waals surface area contributed by atoms with Crippen LogP contribution >= 0.6 is 0 Å². The van der Waals surface area contributed by atoms with Gasteiger partial charge in [0.05, 0.1) is 5.69 Å². The van der Waals surface area contributed by atoms with Crippen molar-refractivity contribution >= 4 is 23.5 Å². The lowest BCUT2D eigenvalue weighted by atomic mass is 10.0. The van der Waals surface area contributed by atoms with Gasteiger partial charge in [-0.15, -0.1) is 0 Å². The molecule has 7 heteroatoms. The number of rotatable bonds is 5. The van der Waals surface area contributed by atoms with Gasteiger partial charge in [0.1, 0.15) is 6.04 Å². The number of piperazine rings is 1. The van der Waals surface area contributed by atoms with Gasteiger partial charge in [0.15, 0.2) is 0 Å². The zero-order valence-corrected chi connectivity index (χ0v) is 16.3. The first-order valence-electron chi connectivity index (χ1n) is 9.57. The van der Waals surface area contributed by atoms with E-state index in [4.69, 9.17) is 0 Å². The molecule has 2 fully saturated rings. The third-order valence-corrected chi connectivity index (χ3v) is 5.34. The highest BCUT2D eigenvalue weighted by Gasteiger charge is 2.39. The van der Waals surface area contributed by atoms with E-state index in [2.05, 4.69) is 24.1 Å². The Balaban J connectivity index is 1.58. The Hall–Kier alpha value is -2.41. The molecule has 0 radical (unpaired) electrons. The van der Waals surface area contributed by atoms with E-state index in [0.717, 1.165) is 18.7 Å². The zero-order valence-electron chi connectivity index (χ0n) is 16.3. The van der Waals surface area contributed by atoms with Crippen LogP contribution < -0.4 is 10.2 Å². The van der Waals surface area contributed by atoms with Gasteiger partial charge in [0, 0.05) is 32.6 Å². The third-order valence-electron chi connectivity index (χ3n) is 5.34. The predicted octanol–water partition coefficient (Wildman–Crippen LogP) is 1.79. The third kappa shape index (κ3) is 4.30. The maximum Gasteiger partial charge on any atom is 0.329 e. The smallest absolute Gasteiger partial charge is 0.329 e. The molecule has 3 rings (SSSR count). The van der Waals surface area contributed by atoms with Gasteiger partial charge >= 0.3 is 6.03 Å². The number of nitrogens with one attached hydrogen (secondary N) is 1. The van der Waals surface area contributed by atoms with Crippen molar-refractivity contribution in [2.45, 2.75) is 38.6 Å². The molecule has 1 atom stereocenters. The fourth-order valence-electron chi connectivity index (χ4n) is 3.46. The molecule has 0 aliphatic carbocycles. The number of hydrogen-bond donors (Lipinski definition) is 1. The second-order valence-electron chi connectivity index (χ2n) is 7.64. The van der Waals surface area contributed by atoms with E-state index in [1.165, 1.54) is 4.90 Å². The van der Waals surface area contributed by atoms with Crippen LogP contribution in [0.5, 0.6) is 0 Å². The average molecular weight is 372 g/mol. The first-order valence-corrected chi connectivity index (χ1v) is 9.57. The van der Waals surface area contributed by atoms with E-state index in [9.17, 15) is 14.4 Å². The highest BCUT2D eigenvalue weighted by Crippen LogP contribution is 2.24. The van der Waals surface area contributed by atoms with Crippen LogP contribution in [0.3, 0.4) is 0 Å². The quantitative estimate of drug-likeness (QED) is 0.800. The Morgan fingerprint density at radius 3 is 2.33 bits per heavy atom. The number of carbonyl (C=O) groups is 3. The van der Waals surface area contributed by atoms with Crippen molar-refractivity contribution in [2.75, 3.05) is 38.1 Å². The lowest BCUT2D eigenvalue weighted by Crippen LogP contribution is -2.47. The van der Waals surface area contributed by atoms with Gasteiger partial charge in [-0.05, 0) is 37.1 Å². The molecular weight excluding hydrogens is 344 g/mol. The number of hydrogen-bond acceptors (Lipinski definition) is 4. The highest BCUT2D eigenvalue weighted by atomic mass is 16.2. The van der Waals surface area contributed by atoms with Crippen molar-refractivity contribution in [2.24, 2.45) is 0 Å². The van der Waals surface area contributed by atoms with Gasteiger partial charge < -0.3 is 15.1 Å². The molecule has 2 aliphatic heterocycles. The average Bonchev–Trinajstić information content (AvgIpc) is 2.94. The molecule has 0 aromatic heterocycles. The number of benzene rings is 1. The fraction of sp³-hybridized carbons (Fsp3) is 0.550. The Bertz CT molecular complexity index is 708. The zero-order chi connectivity index (χ0) is 19.6. The van der Waals surface area contributed by atoms with Gasteiger partial charge in [-0.2, -0.15) is 0 Å². The summed E-state index contributed by atoms with van der Waals surface area (Å²) in [5, 5.41) is 2.71. The first-order chi connectivity index (χ1) is 12.9. The van der Waals surface area contributed by atoms with E-state index < -0.39 is 12.1 Å². The van der Waals surface area contributed by atoms with Crippen molar-refractivity contribution in [1.29, 1.82) is 0 Å². The maximum absolute atomic E-state index is 12.7. The SMILES string of the molecule is CC(C)c1ccc(N2C(=O)NC(CCC(=O)N3CCN(C)CC3)C2=O)cc1. The van der Waals surface area contributed by atoms with Crippen LogP contribution in [0.25, 0.3) is 0 Å². The molecule has 146 valence electrons. The topological polar surface area (TPSA) is 73.0 Å². The molecule has 4 amide bonds. The van der Waals surface area contributed by atoms with E-state index >= 15 is 0 Å². The van der Waals surface area contributed by atoms with E-state index in [1.54, 1.807) is 12.1 Å². The second kappa shape index (κ2) is 8.08. The summed E-state index contributed by atoms with van der Waals surface area (Å²) < 4.78 is 0. The minimum absolute atomic E-state index is 0.0462. The highest BCUT2D eigenvalue weighted by molar-refractivity contribution is 6.21. The Labute approximate surface area is 160 Å². The van der Waals surface area contributed by atoms with Gasteiger partial charge in [-0.25, -0.2) is 9.69 Å². The van der Waals surface area contributed by atoms with Gasteiger partial charge in [-0.3, -0.25) is 9.59 Å². The van der Waals surface area contributed by atoms with Gasteiger partial charge in [-0.1, -0.05) is 26.0 Å². The number of nitrogens with zero attached hydrogens (tertiary/aromatic N) is 3. The normalized spacial score (nSPS) is 21.1. The predicted molar refractivity (Wildman–Crippen MR) is 104 cm³/mol. The summed E-state index contributed by atoms with van der Waals surface area (Å²) in [5.41, 5.74) is 1.72. The summed E-state index contributed by atoms with van der Waals surface area (Å²) in [6, 6.07) is 6.40. The van der Waals surface area contributed by atoms with Gasteiger partial charge in [0.25, 0.3) is 5.91 Å². The minimum atomic E-state index is -0.640. The Kier molecular flexibility index (Phi) is 5.79. The lowest BCUT2D eigenvalue weighted by Gasteiger charge is -2.32. The molecule has 0 saturated carbocycles. The Morgan fingerprint density at radius 2 is 1.74 bits per heavy atom. The van der Waals surface area contributed by atoms with Crippen LogP contribution in [0.4, 0.5) is 10.5 Å². The minimum Gasteiger partial charge on any atom is -0.340 e. The summed E-state index contributed by atoms with van der Waals surface area (Å²) in [6.07, 6.45) is 0.594. The number of urea groups is 1. The van der Waals surface area contributed by atoms with Crippen LogP contribution in [0.1, 0.15) is 38.2 Å². The number of amides is 4. The molecule has 7 nitrogen and oxygen atoms in total. The summed E-state index contributed by atoms with van der Waals surface area (Å²) in [4.78, 5) is 42.5. The molecule has 2 heterocycles. The molecule has 1 aromatic rings. The fourth-order valence-corrected chi connectivity index (χ4v) is 3.46. The number of anilines is 1. The molecule has 2 aliphatic rings. The van der Waals surface area contributed by atoms with Crippen molar-refractivity contribution in [3.05, 3.63) is 29.8 Å². The summed E-state index contributed by atoms with van der Waals surface area (Å²) in [5.74, 6) is 0.142. The number of likely N-dealkylation sites (N-methyl/N-ethyl adjacent to an activating group) is 1. The molecule has 2 saturated heterocycles. The van der Waals surface area contributed by atoms with E-state index in [0.29, 0.717) is 31.1 Å². The summed E-state index contributed by atoms with van der Waals surface area (Å²) in [6.45, 7) is 7.35. The van der Waals surface area contributed by atoms with Crippen LogP contribution in [-0.2, 0) is 9.59 Å². The van der Waals surface area contributed by atoms with E-state index in [-0.39, 0.29) is 18.2 Å². The number of carbonyl (C=O) groups excluding carboxylic acids is 3. The van der Waals surface area contributed by atoms with Crippen LogP contribution in [-0.4, -0.2) is 66.9 Å². The van der Waals surface area contributed by atoms with Crippen LogP contribution in [0.15, 0.2) is 24.3 Å². The summed E-state index contributed by atoms with van der Waals surface area (Å²) >= 11 is 0. The molecule has 1 N–H and O–H groups in total. The van der Waals surface area contributed by atoms with Crippen molar-refractivity contribution in [1.82, 2.24) is 15.1 Å².